The van der Waals surface area contributed by atoms with Crippen molar-refractivity contribution in [3.8, 4) is 0 Å². The number of fused-ring (bicyclic) bond motifs is 2. The Labute approximate surface area is 260 Å². The molecule has 1 aliphatic carbocycles. The maximum absolute atomic E-state index is 9.75. The van der Waals surface area contributed by atoms with Crippen molar-refractivity contribution in [2.75, 3.05) is 13.2 Å². The average Bonchev–Trinajstić information content (AvgIpc) is 3.01. The number of halogens is 5. The number of hydrogen-bond acceptors (Lipinski definition) is 1. The molecule has 0 atom stereocenters. The van der Waals surface area contributed by atoms with E-state index < -0.39 is 7.25 Å². The molecule has 0 radical (unpaired) electrons. The lowest BCUT2D eigenvalue weighted by atomic mass is 9.93. The molecule has 2 nitrogen and oxygen atoms in total. The number of rotatable bonds is 8. The molecule has 228 valence electrons. The van der Waals surface area contributed by atoms with Crippen LogP contribution in [0.25, 0.3) is 27.3 Å². The van der Waals surface area contributed by atoms with Gasteiger partial charge in [0, 0.05) is 23.6 Å². The Kier molecular flexibility index (Phi) is 11.6. The normalized spacial score (nSPS) is 15.7. The van der Waals surface area contributed by atoms with Crippen LogP contribution in [0.2, 0.25) is 0 Å². The largest absolute Gasteiger partial charge is 0.673 e. The predicted octanol–water partition coefficient (Wildman–Crippen LogP) is 11.3. The first-order valence-corrected chi connectivity index (χ1v) is 15.0. The molecule has 0 heterocycles. The Balaban J connectivity index is 0.000000818. The molecular weight excluding hydrogens is 587 g/mol. The van der Waals surface area contributed by atoms with Crippen molar-refractivity contribution < 1.29 is 26.4 Å². The van der Waals surface area contributed by atoms with Gasteiger partial charge in [0.05, 0.1) is 12.2 Å². The molecule has 44 heavy (non-hydrogen) atoms. The molecule has 1 aliphatic rings. The fraction of sp³-hybridized carbons (Fsp3) is 0.194. The lowest BCUT2D eigenvalue weighted by Gasteiger charge is -2.17. The van der Waals surface area contributed by atoms with Crippen LogP contribution in [0.4, 0.5) is 17.3 Å². The van der Waals surface area contributed by atoms with Gasteiger partial charge in [0.15, 0.2) is 0 Å². The first-order chi connectivity index (χ1) is 21.2. The van der Waals surface area contributed by atoms with Crippen molar-refractivity contribution in [3.05, 3.63) is 137 Å². The van der Waals surface area contributed by atoms with Crippen LogP contribution >= 0.6 is 11.6 Å². The summed E-state index contributed by atoms with van der Waals surface area (Å²) in [4.78, 5) is 0. The van der Waals surface area contributed by atoms with E-state index in [1.54, 1.807) is 0 Å². The summed E-state index contributed by atoms with van der Waals surface area (Å²) in [5.41, 5.74) is 4.39. The molecule has 0 unspecified atom stereocenters. The second kappa shape index (κ2) is 15.6. The summed E-state index contributed by atoms with van der Waals surface area (Å²) in [6.07, 6.45) is 11.3. The Bertz CT molecular complexity index is 1750. The number of ketones is 1. The lowest BCUT2D eigenvalue weighted by Crippen LogP contribution is -2.02. The maximum Gasteiger partial charge on any atom is 0.673 e. The summed E-state index contributed by atoms with van der Waals surface area (Å²) in [6, 6.07) is 29.6. The SMILES string of the molecule is CCO/C(=C\C=C1/CCCC(/C=C/C(=[O+]CC)c2ccc3ccccc3c2)=C1Cl)c1ccc2ccccc2c1.F[B-](F)(F)F. The Hall–Kier alpha value is -4.10. The first kappa shape index (κ1) is 32.8. The Morgan fingerprint density at radius 3 is 1.98 bits per heavy atom. The van der Waals surface area contributed by atoms with E-state index >= 15 is 0 Å². The summed E-state index contributed by atoms with van der Waals surface area (Å²) in [6.45, 7) is 5.23. The van der Waals surface area contributed by atoms with E-state index in [1.807, 2.05) is 13.8 Å². The number of benzene rings is 4. The molecule has 0 saturated heterocycles. The van der Waals surface area contributed by atoms with Crippen molar-refractivity contribution in [3.63, 3.8) is 0 Å². The van der Waals surface area contributed by atoms with Crippen LogP contribution in [-0.4, -0.2) is 26.3 Å². The molecule has 4 aromatic carbocycles. The van der Waals surface area contributed by atoms with Gasteiger partial charge in [0.2, 0.25) is 0 Å². The molecule has 0 saturated carbocycles. The van der Waals surface area contributed by atoms with E-state index in [9.17, 15) is 17.3 Å². The van der Waals surface area contributed by atoms with Gasteiger partial charge >= 0.3 is 13.0 Å². The Morgan fingerprint density at radius 1 is 0.818 bits per heavy atom. The molecular formula is C36H34BClF4O2. The molecule has 8 heteroatoms. The van der Waals surface area contributed by atoms with E-state index in [-0.39, 0.29) is 0 Å². The fourth-order valence-electron chi connectivity index (χ4n) is 5.01. The monoisotopic (exact) mass is 620 g/mol. The van der Waals surface area contributed by atoms with E-state index in [0.29, 0.717) is 13.2 Å². The van der Waals surface area contributed by atoms with E-state index in [2.05, 4.69) is 109 Å². The van der Waals surface area contributed by atoms with Crippen molar-refractivity contribution in [1.82, 2.24) is 0 Å². The van der Waals surface area contributed by atoms with Crippen LogP contribution < -0.4 is 0 Å². The van der Waals surface area contributed by atoms with Crippen molar-refractivity contribution in [1.29, 1.82) is 0 Å². The molecule has 0 amide bonds. The highest BCUT2D eigenvalue weighted by molar-refractivity contribution is 6.50. The van der Waals surface area contributed by atoms with Crippen LogP contribution in [0.3, 0.4) is 0 Å². The van der Waals surface area contributed by atoms with Crippen LogP contribution in [0.5, 0.6) is 0 Å². The van der Waals surface area contributed by atoms with Gasteiger partial charge in [-0.3, -0.25) is 4.42 Å². The van der Waals surface area contributed by atoms with Crippen molar-refractivity contribution in [2.24, 2.45) is 0 Å². The maximum atomic E-state index is 9.75. The zero-order chi connectivity index (χ0) is 31.5. The Morgan fingerprint density at radius 2 is 1.39 bits per heavy atom. The van der Waals surface area contributed by atoms with Gasteiger partial charge in [0.25, 0.3) is 6.61 Å². The first-order valence-electron chi connectivity index (χ1n) is 14.6. The summed E-state index contributed by atoms with van der Waals surface area (Å²) in [7, 11) is -6.00. The number of ether oxygens (including phenoxy) is 1. The second-order valence-electron chi connectivity index (χ2n) is 10.1. The summed E-state index contributed by atoms with van der Waals surface area (Å²) in [5.74, 6) is 1.71. The molecule has 0 N–H and O–H groups in total. The highest BCUT2D eigenvalue weighted by atomic mass is 35.5. The minimum Gasteiger partial charge on any atom is -0.493 e. The number of carbonyl (C=O) groups excluding carboxylic acids is 1. The van der Waals surface area contributed by atoms with Gasteiger partial charge in [-0.1, -0.05) is 84.4 Å². The number of allylic oxidation sites excluding steroid dienone is 7. The third-order valence-electron chi connectivity index (χ3n) is 7.00. The van der Waals surface area contributed by atoms with Gasteiger partial charge in [0.1, 0.15) is 5.76 Å². The molecule has 5 rings (SSSR count). The van der Waals surface area contributed by atoms with Gasteiger partial charge < -0.3 is 22.0 Å². The van der Waals surface area contributed by atoms with Gasteiger partial charge in [-0.05, 0) is 89.2 Å². The molecule has 4 aromatic rings. The zero-order valence-electron chi connectivity index (χ0n) is 24.7. The van der Waals surface area contributed by atoms with Gasteiger partial charge in [-0.15, -0.1) is 0 Å². The molecule has 0 aliphatic heterocycles. The molecule has 0 fully saturated rings. The third kappa shape index (κ3) is 9.45. The van der Waals surface area contributed by atoms with Gasteiger partial charge in [-0.25, -0.2) is 0 Å². The zero-order valence-corrected chi connectivity index (χ0v) is 25.5. The fourth-order valence-corrected chi connectivity index (χ4v) is 5.33. The predicted molar refractivity (Wildman–Crippen MR) is 177 cm³/mol. The molecule has 0 spiro atoms. The topological polar surface area (TPSA) is 20.5 Å². The number of hydrogen-bond donors (Lipinski definition) is 0. The second-order valence-corrected chi connectivity index (χ2v) is 10.5. The minimum absolute atomic E-state index is 0.601. The van der Waals surface area contributed by atoms with Crippen molar-refractivity contribution in [2.45, 2.75) is 33.1 Å². The third-order valence-corrected chi connectivity index (χ3v) is 7.48. The van der Waals surface area contributed by atoms with E-state index in [4.69, 9.17) is 20.8 Å². The van der Waals surface area contributed by atoms with Crippen LogP contribution in [-0.2, 0) is 4.74 Å². The smallest absolute Gasteiger partial charge is 0.493 e. The molecule has 0 aromatic heterocycles. The summed E-state index contributed by atoms with van der Waals surface area (Å²) < 4.78 is 51.1. The lowest BCUT2D eigenvalue weighted by molar-refractivity contribution is -0.261. The summed E-state index contributed by atoms with van der Waals surface area (Å²) >= 11 is 6.96. The highest BCUT2D eigenvalue weighted by Crippen LogP contribution is 2.34. The quantitative estimate of drug-likeness (QED) is 0.0479. The minimum atomic E-state index is -6.00. The van der Waals surface area contributed by atoms with Crippen LogP contribution in [0, 0.1) is 0 Å². The van der Waals surface area contributed by atoms with Gasteiger partial charge in [-0.2, -0.15) is 0 Å². The summed E-state index contributed by atoms with van der Waals surface area (Å²) in [5, 5.41) is 5.65. The van der Waals surface area contributed by atoms with E-state index in [1.165, 1.54) is 21.5 Å². The van der Waals surface area contributed by atoms with Crippen LogP contribution in [0.15, 0.2) is 125 Å². The van der Waals surface area contributed by atoms with E-state index in [0.717, 1.165) is 58.1 Å². The highest BCUT2D eigenvalue weighted by Gasteiger charge is 2.20. The van der Waals surface area contributed by atoms with Crippen LogP contribution in [0.1, 0.15) is 48.7 Å². The molecule has 0 bridgehead atoms. The average molecular weight is 621 g/mol. The van der Waals surface area contributed by atoms with Crippen molar-refractivity contribution >= 4 is 51.9 Å². The standard InChI is InChI=1S/C36H34ClO2.BF4/c1-3-38-34(32-18-16-26-10-5-7-12-30(26)24-32)22-20-28-14-9-15-29(36(28)37)21-23-35(39-4-2)33-19-17-27-11-6-8-13-31(27)25-33;2-1(3,4)5/h5-8,10-13,16-25H,3-4,9,14-15H2,1-2H3;/q+1;-1/b22-20+,29-21+,35-23-;.